The Morgan fingerprint density at radius 2 is 1.95 bits per heavy atom. The topological polar surface area (TPSA) is 58.1 Å². The molecule has 0 saturated carbocycles. The summed E-state index contributed by atoms with van der Waals surface area (Å²) in [6.45, 7) is 1.35. The highest BCUT2D eigenvalue weighted by atomic mass is 19.1. The van der Waals surface area contributed by atoms with Crippen LogP contribution in [0, 0.1) is 11.7 Å². The summed E-state index contributed by atoms with van der Waals surface area (Å²) in [4.78, 5) is 22.6. The summed E-state index contributed by atoms with van der Waals surface area (Å²) in [5.74, 6) is 0.162. The number of halogens is 1. The van der Waals surface area contributed by atoms with E-state index in [4.69, 9.17) is 0 Å². The van der Waals surface area contributed by atoms with Gasteiger partial charge < -0.3 is 10.2 Å². The van der Waals surface area contributed by atoms with Gasteiger partial charge in [0, 0.05) is 31.2 Å². The molecule has 5 nitrogen and oxygen atoms in total. The van der Waals surface area contributed by atoms with Crippen molar-refractivity contribution in [3.05, 3.63) is 48.5 Å². The smallest absolute Gasteiger partial charge is 0.229 e. The zero-order valence-electron chi connectivity index (χ0n) is 11.4. The van der Waals surface area contributed by atoms with Crippen molar-refractivity contribution in [3.8, 4) is 0 Å². The van der Waals surface area contributed by atoms with Gasteiger partial charge in [-0.15, -0.1) is 0 Å². The van der Waals surface area contributed by atoms with Gasteiger partial charge in [-0.1, -0.05) is 0 Å². The van der Waals surface area contributed by atoms with E-state index >= 15 is 0 Å². The van der Waals surface area contributed by atoms with Gasteiger partial charge >= 0.3 is 0 Å². The highest BCUT2D eigenvalue weighted by molar-refractivity contribution is 5.93. The average molecular weight is 286 g/mol. The summed E-state index contributed by atoms with van der Waals surface area (Å²) in [6, 6.07) is 7.53. The first-order valence-electron chi connectivity index (χ1n) is 6.81. The third-order valence-electron chi connectivity index (χ3n) is 3.51. The van der Waals surface area contributed by atoms with Crippen LogP contribution >= 0.6 is 0 Å². The lowest BCUT2D eigenvalue weighted by atomic mass is 10.1. The van der Waals surface area contributed by atoms with E-state index in [1.54, 1.807) is 30.6 Å². The van der Waals surface area contributed by atoms with E-state index in [1.807, 2.05) is 4.90 Å². The average Bonchev–Trinajstić information content (AvgIpc) is 3.00. The van der Waals surface area contributed by atoms with E-state index < -0.39 is 0 Å². The molecule has 1 aromatic heterocycles. The Balaban J connectivity index is 1.61. The Kier molecular flexibility index (Phi) is 3.77. The molecule has 2 heterocycles. The third kappa shape index (κ3) is 3.16. The molecule has 1 fully saturated rings. The SMILES string of the molecule is O=C(Nc1ccc(F)cc1)C1CCN(c2ncccn2)C1. The van der Waals surface area contributed by atoms with Crippen LogP contribution in [0.2, 0.25) is 0 Å². The van der Waals surface area contributed by atoms with Crippen LogP contribution < -0.4 is 10.2 Å². The molecule has 3 rings (SSSR count). The molecule has 1 aromatic carbocycles. The molecule has 1 saturated heterocycles. The van der Waals surface area contributed by atoms with Crippen molar-refractivity contribution in [2.75, 3.05) is 23.3 Å². The number of hydrogen-bond donors (Lipinski definition) is 1. The highest BCUT2D eigenvalue weighted by Crippen LogP contribution is 2.21. The van der Waals surface area contributed by atoms with Crippen LogP contribution in [0.4, 0.5) is 16.0 Å². The number of amides is 1. The normalized spacial score (nSPS) is 17.8. The molecule has 0 bridgehead atoms. The lowest BCUT2D eigenvalue weighted by Gasteiger charge is -2.15. The zero-order chi connectivity index (χ0) is 14.7. The van der Waals surface area contributed by atoms with Crippen LogP contribution in [0.5, 0.6) is 0 Å². The van der Waals surface area contributed by atoms with Gasteiger partial charge in [-0.2, -0.15) is 0 Å². The van der Waals surface area contributed by atoms with E-state index in [9.17, 15) is 9.18 Å². The molecule has 1 aliphatic heterocycles. The fourth-order valence-corrected chi connectivity index (χ4v) is 2.39. The minimum atomic E-state index is -0.318. The third-order valence-corrected chi connectivity index (χ3v) is 3.51. The maximum Gasteiger partial charge on any atom is 0.229 e. The summed E-state index contributed by atoms with van der Waals surface area (Å²) in [7, 11) is 0. The Morgan fingerprint density at radius 3 is 2.67 bits per heavy atom. The number of nitrogens with one attached hydrogen (secondary N) is 1. The summed E-state index contributed by atoms with van der Waals surface area (Å²) in [5.41, 5.74) is 0.607. The number of aromatic nitrogens is 2. The first-order chi connectivity index (χ1) is 10.2. The molecule has 0 aliphatic carbocycles. The van der Waals surface area contributed by atoms with E-state index in [-0.39, 0.29) is 17.6 Å². The van der Waals surface area contributed by atoms with Gasteiger partial charge in [0.25, 0.3) is 0 Å². The Labute approximate surface area is 121 Å². The van der Waals surface area contributed by atoms with Crippen LogP contribution in [-0.4, -0.2) is 29.0 Å². The van der Waals surface area contributed by atoms with E-state index in [1.165, 1.54) is 12.1 Å². The molecular weight excluding hydrogens is 271 g/mol. The molecular formula is C15H15FN4O. The maximum atomic E-state index is 12.8. The molecule has 1 N–H and O–H groups in total. The number of carbonyl (C=O) groups excluding carboxylic acids is 1. The van der Waals surface area contributed by atoms with Crippen LogP contribution in [0.25, 0.3) is 0 Å². The first kappa shape index (κ1) is 13.5. The van der Waals surface area contributed by atoms with E-state index in [0.717, 1.165) is 13.0 Å². The van der Waals surface area contributed by atoms with Crippen molar-refractivity contribution in [1.82, 2.24) is 9.97 Å². The van der Waals surface area contributed by atoms with Crippen molar-refractivity contribution in [1.29, 1.82) is 0 Å². The van der Waals surface area contributed by atoms with Gasteiger partial charge in [0.15, 0.2) is 0 Å². The number of benzene rings is 1. The number of hydrogen-bond acceptors (Lipinski definition) is 4. The fourth-order valence-electron chi connectivity index (χ4n) is 2.39. The fraction of sp³-hybridized carbons (Fsp3) is 0.267. The first-order valence-corrected chi connectivity index (χ1v) is 6.81. The second kappa shape index (κ2) is 5.87. The van der Waals surface area contributed by atoms with Gasteiger partial charge in [-0.05, 0) is 36.8 Å². The largest absolute Gasteiger partial charge is 0.340 e. The van der Waals surface area contributed by atoms with E-state index in [0.29, 0.717) is 18.2 Å². The molecule has 108 valence electrons. The predicted octanol–water partition coefficient (Wildman–Crippen LogP) is 2.08. The number of rotatable bonds is 3. The molecule has 0 radical (unpaired) electrons. The summed E-state index contributed by atoms with van der Waals surface area (Å²) in [6.07, 6.45) is 4.13. The quantitative estimate of drug-likeness (QED) is 0.938. The van der Waals surface area contributed by atoms with Gasteiger partial charge in [-0.3, -0.25) is 4.79 Å². The second-order valence-electron chi connectivity index (χ2n) is 4.98. The summed E-state index contributed by atoms with van der Waals surface area (Å²) < 4.78 is 12.8. The summed E-state index contributed by atoms with van der Waals surface area (Å²) >= 11 is 0. The lowest BCUT2D eigenvalue weighted by Crippen LogP contribution is -2.27. The van der Waals surface area contributed by atoms with Crippen molar-refractivity contribution in [2.45, 2.75) is 6.42 Å². The molecule has 1 unspecified atom stereocenters. The standard InChI is InChI=1S/C15H15FN4O/c16-12-2-4-13(5-3-12)19-14(21)11-6-9-20(10-11)15-17-7-1-8-18-15/h1-5,7-8,11H,6,9-10H2,(H,19,21). The second-order valence-corrected chi connectivity index (χ2v) is 4.98. The van der Waals surface area contributed by atoms with E-state index in [2.05, 4.69) is 15.3 Å². The minimum absolute atomic E-state index is 0.0555. The summed E-state index contributed by atoms with van der Waals surface area (Å²) in [5, 5.41) is 2.81. The van der Waals surface area contributed by atoms with Gasteiger partial charge in [-0.25, -0.2) is 14.4 Å². The Bertz CT molecular complexity index is 617. The molecule has 2 aromatic rings. The highest BCUT2D eigenvalue weighted by Gasteiger charge is 2.29. The van der Waals surface area contributed by atoms with Crippen molar-refractivity contribution < 1.29 is 9.18 Å². The molecule has 1 aliphatic rings. The van der Waals surface area contributed by atoms with Crippen LogP contribution in [-0.2, 0) is 4.79 Å². The molecule has 6 heteroatoms. The molecule has 1 atom stereocenters. The number of carbonyl (C=O) groups is 1. The van der Waals surface area contributed by atoms with Crippen molar-refractivity contribution in [2.24, 2.45) is 5.92 Å². The zero-order valence-corrected chi connectivity index (χ0v) is 11.4. The Morgan fingerprint density at radius 1 is 1.24 bits per heavy atom. The van der Waals surface area contributed by atoms with Gasteiger partial charge in [0.1, 0.15) is 5.82 Å². The monoisotopic (exact) mass is 286 g/mol. The molecule has 1 amide bonds. The van der Waals surface area contributed by atoms with Gasteiger partial charge in [0.05, 0.1) is 5.92 Å². The maximum absolute atomic E-state index is 12.8. The van der Waals surface area contributed by atoms with Crippen molar-refractivity contribution in [3.63, 3.8) is 0 Å². The number of nitrogens with zero attached hydrogens (tertiary/aromatic N) is 3. The molecule has 0 spiro atoms. The van der Waals surface area contributed by atoms with Crippen molar-refractivity contribution >= 4 is 17.5 Å². The van der Waals surface area contributed by atoms with Crippen LogP contribution in [0.3, 0.4) is 0 Å². The Hall–Kier alpha value is -2.50. The molecule has 21 heavy (non-hydrogen) atoms. The van der Waals surface area contributed by atoms with Gasteiger partial charge in [0.2, 0.25) is 11.9 Å². The van der Waals surface area contributed by atoms with Crippen LogP contribution in [0.1, 0.15) is 6.42 Å². The predicted molar refractivity (Wildman–Crippen MR) is 77.4 cm³/mol. The minimum Gasteiger partial charge on any atom is -0.340 e. The van der Waals surface area contributed by atoms with Crippen LogP contribution in [0.15, 0.2) is 42.7 Å². The lowest BCUT2D eigenvalue weighted by molar-refractivity contribution is -0.119. The number of anilines is 2.